The van der Waals surface area contributed by atoms with Crippen molar-refractivity contribution in [2.75, 3.05) is 4.90 Å². The molecule has 2 unspecified atom stereocenters. The molecule has 0 fully saturated rings. The Hall–Kier alpha value is -2.41. The van der Waals surface area contributed by atoms with Gasteiger partial charge in [-0.3, -0.25) is 9.69 Å². The van der Waals surface area contributed by atoms with Crippen molar-refractivity contribution < 1.29 is 14.7 Å². The van der Waals surface area contributed by atoms with E-state index in [1.807, 2.05) is 52.8 Å². The topological polar surface area (TPSA) is 73.7 Å². The molecule has 0 spiro atoms. The first-order valence-electron chi connectivity index (χ1n) is 9.51. The SMILES string of the molecule is CC(=O)N1c2ccc(-c3sc(C)nc3C)cc2C(N(C(=O)O)C(C)C)CC1C. The quantitative estimate of drug-likeness (QED) is 0.785. The number of aromatic nitrogens is 1. The van der Waals surface area contributed by atoms with Gasteiger partial charge in [-0.05, 0) is 64.3 Å². The predicted octanol–water partition coefficient (Wildman–Crippen LogP) is 5.00. The number of nitrogens with zero attached hydrogens (tertiary/aromatic N) is 3. The number of hydrogen-bond acceptors (Lipinski definition) is 4. The van der Waals surface area contributed by atoms with Crippen molar-refractivity contribution in [2.45, 2.75) is 66.1 Å². The van der Waals surface area contributed by atoms with E-state index in [2.05, 4.69) is 4.98 Å². The van der Waals surface area contributed by atoms with Gasteiger partial charge in [0.25, 0.3) is 0 Å². The number of anilines is 1. The van der Waals surface area contributed by atoms with E-state index >= 15 is 0 Å². The number of rotatable bonds is 3. The number of amides is 2. The predicted molar refractivity (Wildman–Crippen MR) is 112 cm³/mol. The second-order valence-corrected chi connectivity index (χ2v) is 8.90. The lowest BCUT2D eigenvalue weighted by Crippen LogP contribution is -2.48. The summed E-state index contributed by atoms with van der Waals surface area (Å²) in [6, 6.07) is 5.46. The highest BCUT2D eigenvalue weighted by Crippen LogP contribution is 2.44. The molecular formula is C21H27N3O3S. The van der Waals surface area contributed by atoms with E-state index in [0.29, 0.717) is 6.42 Å². The number of fused-ring (bicyclic) bond motifs is 1. The van der Waals surface area contributed by atoms with E-state index in [1.165, 1.54) is 4.90 Å². The van der Waals surface area contributed by atoms with Crippen LogP contribution in [0.2, 0.25) is 0 Å². The summed E-state index contributed by atoms with van der Waals surface area (Å²) in [5.74, 6) is -0.0313. The lowest BCUT2D eigenvalue weighted by Gasteiger charge is -2.43. The standard InChI is InChI=1S/C21H27N3O3S/c1-11(2)23(21(26)27)19-9-12(3)24(15(6)25)18-8-7-16(10-17(18)19)20-13(4)22-14(5)28-20/h7-8,10-12,19H,9H2,1-6H3,(H,26,27). The summed E-state index contributed by atoms with van der Waals surface area (Å²) in [6.07, 6.45) is -0.369. The van der Waals surface area contributed by atoms with E-state index < -0.39 is 6.09 Å². The summed E-state index contributed by atoms with van der Waals surface area (Å²) in [7, 11) is 0. The van der Waals surface area contributed by atoms with Crippen molar-refractivity contribution in [3.05, 3.63) is 34.5 Å². The third kappa shape index (κ3) is 3.51. The first-order chi connectivity index (χ1) is 13.1. The van der Waals surface area contributed by atoms with Gasteiger partial charge < -0.3 is 10.0 Å². The fourth-order valence-corrected chi connectivity index (χ4v) is 5.15. The molecule has 1 aliphatic heterocycles. The average Bonchev–Trinajstić information content (AvgIpc) is 2.92. The third-order valence-corrected chi connectivity index (χ3v) is 6.39. The molecule has 0 bridgehead atoms. The molecule has 1 N–H and O–H groups in total. The molecule has 2 heterocycles. The largest absolute Gasteiger partial charge is 0.465 e. The van der Waals surface area contributed by atoms with Crippen LogP contribution in [-0.2, 0) is 4.79 Å². The Morgan fingerprint density at radius 2 is 2.00 bits per heavy atom. The second-order valence-electron chi connectivity index (χ2n) is 7.69. The highest BCUT2D eigenvalue weighted by Gasteiger charge is 2.38. The molecule has 3 rings (SSSR count). The van der Waals surface area contributed by atoms with E-state index in [0.717, 1.165) is 32.4 Å². The molecule has 1 aromatic heterocycles. The zero-order valence-electron chi connectivity index (χ0n) is 17.2. The fraction of sp³-hybridized carbons (Fsp3) is 0.476. The fourth-order valence-electron chi connectivity index (χ4n) is 4.23. The van der Waals surface area contributed by atoms with Crippen LogP contribution in [0.15, 0.2) is 18.2 Å². The van der Waals surface area contributed by atoms with Gasteiger partial charge >= 0.3 is 6.09 Å². The zero-order chi connectivity index (χ0) is 20.7. The minimum absolute atomic E-state index is 0.0313. The molecule has 2 aromatic rings. The number of thiazole rings is 1. The van der Waals surface area contributed by atoms with Crippen LogP contribution in [0.1, 0.15) is 56.4 Å². The van der Waals surface area contributed by atoms with Crippen molar-refractivity contribution in [1.82, 2.24) is 9.88 Å². The van der Waals surface area contributed by atoms with Crippen molar-refractivity contribution >= 4 is 29.0 Å². The Morgan fingerprint density at radius 3 is 2.50 bits per heavy atom. The lowest BCUT2D eigenvalue weighted by molar-refractivity contribution is -0.117. The molecular weight excluding hydrogens is 374 g/mol. The normalized spacial score (nSPS) is 18.9. The van der Waals surface area contributed by atoms with E-state index in [-0.39, 0.29) is 24.0 Å². The Labute approximate surface area is 169 Å². The van der Waals surface area contributed by atoms with Crippen molar-refractivity contribution in [3.8, 4) is 10.4 Å². The molecule has 1 aromatic carbocycles. The Bertz CT molecular complexity index is 922. The van der Waals surface area contributed by atoms with E-state index in [1.54, 1.807) is 23.2 Å². The van der Waals surface area contributed by atoms with Gasteiger partial charge in [0.1, 0.15) is 0 Å². The molecule has 7 heteroatoms. The van der Waals surface area contributed by atoms with Crippen molar-refractivity contribution in [1.29, 1.82) is 0 Å². The van der Waals surface area contributed by atoms with Crippen LogP contribution in [0.25, 0.3) is 10.4 Å². The average molecular weight is 402 g/mol. The molecule has 2 atom stereocenters. The van der Waals surface area contributed by atoms with Gasteiger partial charge in [0, 0.05) is 24.7 Å². The summed E-state index contributed by atoms with van der Waals surface area (Å²) in [4.78, 5) is 33.2. The van der Waals surface area contributed by atoms with Crippen LogP contribution in [0.5, 0.6) is 0 Å². The van der Waals surface area contributed by atoms with Gasteiger partial charge in [-0.15, -0.1) is 11.3 Å². The van der Waals surface area contributed by atoms with Gasteiger partial charge in [0.15, 0.2) is 0 Å². The van der Waals surface area contributed by atoms with Gasteiger partial charge in [-0.25, -0.2) is 9.78 Å². The van der Waals surface area contributed by atoms with Crippen LogP contribution in [0.3, 0.4) is 0 Å². The summed E-state index contributed by atoms with van der Waals surface area (Å²) >= 11 is 1.63. The highest BCUT2D eigenvalue weighted by atomic mass is 32.1. The molecule has 6 nitrogen and oxygen atoms in total. The van der Waals surface area contributed by atoms with Crippen molar-refractivity contribution in [3.63, 3.8) is 0 Å². The molecule has 28 heavy (non-hydrogen) atoms. The van der Waals surface area contributed by atoms with Crippen molar-refractivity contribution in [2.24, 2.45) is 0 Å². The monoisotopic (exact) mass is 401 g/mol. The number of carboxylic acid groups (broad SMARTS) is 1. The smallest absolute Gasteiger partial charge is 0.408 e. The molecule has 2 amide bonds. The Kier molecular flexibility index (Phi) is 5.48. The summed E-state index contributed by atoms with van der Waals surface area (Å²) in [6.45, 7) is 11.3. The second kappa shape index (κ2) is 7.54. The highest BCUT2D eigenvalue weighted by molar-refractivity contribution is 7.15. The molecule has 0 radical (unpaired) electrons. The maximum atomic E-state index is 12.3. The minimum atomic E-state index is -0.940. The number of hydrogen-bond donors (Lipinski definition) is 1. The van der Waals surface area contributed by atoms with E-state index in [9.17, 15) is 14.7 Å². The molecule has 0 saturated carbocycles. The van der Waals surface area contributed by atoms with Crippen LogP contribution >= 0.6 is 11.3 Å². The van der Waals surface area contributed by atoms with Crippen LogP contribution in [0.4, 0.5) is 10.5 Å². The van der Waals surface area contributed by atoms with Gasteiger partial charge in [0.2, 0.25) is 5.91 Å². The molecule has 0 saturated heterocycles. The first kappa shape index (κ1) is 20.3. The lowest BCUT2D eigenvalue weighted by atomic mass is 9.88. The number of benzene rings is 1. The molecule has 1 aliphatic rings. The summed E-state index contributed by atoms with van der Waals surface area (Å²) in [5, 5.41) is 10.8. The summed E-state index contributed by atoms with van der Waals surface area (Å²) in [5.41, 5.74) is 3.66. The molecule has 0 aliphatic carbocycles. The van der Waals surface area contributed by atoms with Gasteiger partial charge in [0.05, 0.1) is 21.6 Å². The van der Waals surface area contributed by atoms with Crippen LogP contribution in [0, 0.1) is 13.8 Å². The minimum Gasteiger partial charge on any atom is -0.465 e. The first-order valence-corrected chi connectivity index (χ1v) is 10.3. The van der Waals surface area contributed by atoms with Gasteiger partial charge in [-0.2, -0.15) is 0 Å². The Balaban J connectivity index is 2.20. The maximum Gasteiger partial charge on any atom is 0.408 e. The van der Waals surface area contributed by atoms with E-state index in [4.69, 9.17) is 0 Å². The third-order valence-electron chi connectivity index (χ3n) is 5.27. The van der Waals surface area contributed by atoms with Gasteiger partial charge in [-0.1, -0.05) is 6.07 Å². The summed E-state index contributed by atoms with van der Waals surface area (Å²) < 4.78 is 0. The molecule has 150 valence electrons. The van der Waals surface area contributed by atoms with Crippen LogP contribution in [-0.4, -0.2) is 39.1 Å². The number of carbonyl (C=O) groups excluding carboxylic acids is 1. The number of carbonyl (C=O) groups is 2. The number of aryl methyl sites for hydroxylation is 2. The maximum absolute atomic E-state index is 12.3. The zero-order valence-corrected chi connectivity index (χ0v) is 18.0. The Morgan fingerprint density at radius 1 is 1.32 bits per heavy atom. The van der Waals surface area contributed by atoms with Crippen LogP contribution < -0.4 is 4.90 Å².